The van der Waals surface area contributed by atoms with E-state index in [0.717, 1.165) is 46.8 Å². The Kier molecular flexibility index (Phi) is 8.10. The van der Waals surface area contributed by atoms with E-state index in [2.05, 4.69) is 46.9 Å². The minimum absolute atomic E-state index is 0.116. The monoisotopic (exact) mass is 531 g/mol. The standard InChI is InChI=1S/C24H42NO.C7H8O3S/c1-6-25(5,7-2)21-16-20-18-12-11-17-10-8-9-14-23(17,3)19(18)13-15-24(20,4)22(21)26;1-6-2-4-7(5-3-6)11(8,9)10/h8-9,17-22,26H,6-7,10-16H2,1-5H3;2-5H,1H3,(H,8,9,10)/q+1;/p-1/t17-,18-,19+,20+,21+,22-,23+,24+;/m1./s1. The van der Waals surface area contributed by atoms with Crippen molar-refractivity contribution < 1.29 is 22.6 Å². The van der Waals surface area contributed by atoms with Gasteiger partial charge in [0.15, 0.2) is 0 Å². The highest BCUT2D eigenvalue weighted by Gasteiger charge is 2.64. The van der Waals surface area contributed by atoms with Gasteiger partial charge in [0.2, 0.25) is 0 Å². The van der Waals surface area contributed by atoms with Crippen molar-refractivity contribution in [3.05, 3.63) is 42.0 Å². The molecule has 4 aliphatic rings. The lowest BCUT2D eigenvalue weighted by molar-refractivity contribution is -0.933. The highest BCUT2D eigenvalue weighted by atomic mass is 32.2. The number of aliphatic hydroxyl groups is 1. The van der Waals surface area contributed by atoms with E-state index in [-0.39, 0.29) is 16.4 Å². The first-order valence-electron chi connectivity index (χ1n) is 14.5. The van der Waals surface area contributed by atoms with E-state index in [9.17, 15) is 18.1 Å². The number of hydrogen-bond donors (Lipinski definition) is 1. The Morgan fingerprint density at radius 2 is 1.65 bits per heavy atom. The lowest BCUT2D eigenvalue weighted by atomic mass is 9.46. The second-order valence-electron chi connectivity index (χ2n) is 13.2. The van der Waals surface area contributed by atoms with Gasteiger partial charge in [-0.05, 0) is 101 Å². The Balaban J connectivity index is 0.000000245. The van der Waals surface area contributed by atoms with E-state index in [1.807, 2.05) is 6.92 Å². The average Bonchev–Trinajstić information content (AvgIpc) is 3.14. The summed E-state index contributed by atoms with van der Waals surface area (Å²) in [6.45, 7) is 13.8. The van der Waals surface area contributed by atoms with Crippen LogP contribution in [0.15, 0.2) is 41.3 Å². The fourth-order valence-corrected chi connectivity index (χ4v) is 9.29. The molecule has 0 heterocycles. The number of quaternary nitrogens is 1. The molecule has 0 saturated heterocycles. The molecule has 0 unspecified atom stereocenters. The number of aliphatic hydroxyl groups excluding tert-OH is 1. The lowest BCUT2D eigenvalue weighted by Crippen LogP contribution is -2.57. The Hall–Kier alpha value is -1.21. The molecule has 5 rings (SSSR count). The van der Waals surface area contributed by atoms with Crippen molar-refractivity contribution in [2.24, 2.45) is 34.5 Å². The van der Waals surface area contributed by atoms with Gasteiger partial charge in [-0.3, -0.25) is 0 Å². The SMILES string of the molecule is CC[N+](C)(CC)[C@H]1C[C@H]2[C@@H]3CC[C@H]4CC=CC[C@]4(C)[C@H]3CC[C@]2(C)[C@@H]1O.Cc1ccc(S(=O)(=O)[O-])cc1. The molecule has 0 spiro atoms. The topological polar surface area (TPSA) is 77.4 Å². The first kappa shape index (κ1) is 28.8. The number of nitrogens with zero attached hydrogens (tertiary/aromatic N) is 1. The van der Waals surface area contributed by atoms with Crippen LogP contribution in [0.3, 0.4) is 0 Å². The summed E-state index contributed by atoms with van der Waals surface area (Å²) >= 11 is 0. The third-order valence-electron chi connectivity index (χ3n) is 11.7. The number of fused-ring (bicyclic) bond motifs is 5. The van der Waals surface area contributed by atoms with E-state index < -0.39 is 10.1 Å². The van der Waals surface area contributed by atoms with Gasteiger partial charge < -0.3 is 14.1 Å². The summed E-state index contributed by atoms with van der Waals surface area (Å²) in [7, 11) is -1.88. The average molecular weight is 532 g/mol. The third-order valence-corrected chi connectivity index (χ3v) is 12.6. The molecule has 6 heteroatoms. The molecule has 3 saturated carbocycles. The smallest absolute Gasteiger partial charge is 0.124 e. The summed E-state index contributed by atoms with van der Waals surface area (Å²) in [4.78, 5) is -0.178. The van der Waals surface area contributed by atoms with Crippen LogP contribution in [0.25, 0.3) is 0 Å². The summed E-state index contributed by atoms with van der Waals surface area (Å²) < 4.78 is 32.2. The number of hydrogen-bond acceptors (Lipinski definition) is 4. The minimum atomic E-state index is -4.27. The summed E-state index contributed by atoms with van der Waals surface area (Å²) in [5.74, 6) is 3.38. The summed E-state index contributed by atoms with van der Waals surface area (Å²) in [5.41, 5.74) is 1.61. The predicted octanol–water partition coefficient (Wildman–Crippen LogP) is 5.92. The van der Waals surface area contributed by atoms with Crippen molar-refractivity contribution in [3.8, 4) is 0 Å². The Morgan fingerprint density at radius 1 is 1.00 bits per heavy atom. The van der Waals surface area contributed by atoms with Crippen LogP contribution < -0.4 is 0 Å². The Morgan fingerprint density at radius 3 is 2.24 bits per heavy atom. The molecule has 0 radical (unpaired) electrons. The highest BCUT2D eigenvalue weighted by molar-refractivity contribution is 7.85. The van der Waals surface area contributed by atoms with E-state index in [4.69, 9.17) is 0 Å². The summed E-state index contributed by atoms with van der Waals surface area (Å²) in [6, 6.07) is 6.22. The summed E-state index contributed by atoms with van der Waals surface area (Å²) in [5, 5.41) is 11.5. The van der Waals surface area contributed by atoms with Gasteiger partial charge in [-0.15, -0.1) is 0 Å². The lowest BCUT2D eigenvalue weighted by Gasteiger charge is -2.59. The Labute approximate surface area is 225 Å². The van der Waals surface area contributed by atoms with E-state index >= 15 is 0 Å². The van der Waals surface area contributed by atoms with Crippen LogP contribution in [0.4, 0.5) is 0 Å². The zero-order valence-corrected chi connectivity index (χ0v) is 24.6. The van der Waals surface area contributed by atoms with Gasteiger partial charge in [0, 0.05) is 11.8 Å². The molecular formula is C31H49NO4S. The van der Waals surface area contributed by atoms with Crippen LogP contribution in [0, 0.1) is 41.4 Å². The molecule has 0 aromatic heterocycles. The minimum Gasteiger partial charge on any atom is -0.744 e. The molecule has 0 amide bonds. The van der Waals surface area contributed by atoms with Crippen LogP contribution in [0.2, 0.25) is 0 Å². The zero-order chi connectivity index (χ0) is 27.2. The molecule has 0 bridgehead atoms. The van der Waals surface area contributed by atoms with E-state index in [1.54, 1.807) is 12.1 Å². The van der Waals surface area contributed by atoms with Gasteiger partial charge in [-0.25, -0.2) is 8.42 Å². The number of benzene rings is 1. The van der Waals surface area contributed by atoms with Crippen LogP contribution in [0.5, 0.6) is 0 Å². The van der Waals surface area contributed by atoms with Gasteiger partial charge in [-0.1, -0.05) is 43.7 Å². The Bertz CT molecular complexity index is 1080. The molecule has 3 fully saturated rings. The predicted molar refractivity (Wildman–Crippen MR) is 148 cm³/mol. The third kappa shape index (κ3) is 5.08. The van der Waals surface area contributed by atoms with Gasteiger partial charge in [0.1, 0.15) is 22.3 Å². The van der Waals surface area contributed by atoms with Gasteiger partial charge in [-0.2, -0.15) is 0 Å². The van der Waals surface area contributed by atoms with Crippen molar-refractivity contribution in [1.29, 1.82) is 0 Å². The van der Waals surface area contributed by atoms with Crippen molar-refractivity contribution in [3.63, 3.8) is 0 Å². The normalized spacial score (nSPS) is 39.1. The second kappa shape index (κ2) is 10.4. The largest absolute Gasteiger partial charge is 0.744 e. The molecule has 8 atom stereocenters. The van der Waals surface area contributed by atoms with Crippen LogP contribution in [0.1, 0.15) is 78.2 Å². The summed E-state index contributed by atoms with van der Waals surface area (Å²) in [6.07, 6.45) is 14.1. The molecule has 208 valence electrons. The van der Waals surface area contributed by atoms with Crippen LogP contribution >= 0.6 is 0 Å². The van der Waals surface area contributed by atoms with Crippen LogP contribution in [-0.4, -0.2) is 54.8 Å². The van der Waals surface area contributed by atoms with Crippen LogP contribution in [-0.2, 0) is 10.1 Å². The molecule has 5 nitrogen and oxygen atoms in total. The molecular weight excluding hydrogens is 482 g/mol. The fourth-order valence-electron chi connectivity index (χ4n) is 8.82. The number of aryl methyl sites for hydroxylation is 1. The quantitative estimate of drug-likeness (QED) is 0.297. The van der Waals surface area contributed by atoms with Gasteiger partial charge in [0.05, 0.1) is 25.0 Å². The highest BCUT2D eigenvalue weighted by Crippen LogP contribution is 2.66. The van der Waals surface area contributed by atoms with Crippen molar-refractivity contribution in [2.45, 2.75) is 96.6 Å². The molecule has 1 N–H and O–H groups in total. The first-order chi connectivity index (χ1) is 17.3. The molecule has 1 aromatic carbocycles. The van der Waals surface area contributed by atoms with Crippen molar-refractivity contribution in [1.82, 2.24) is 0 Å². The van der Waals surface area contributed by atoms with Crippen molar-refractivity contribution in [2.75, 3.05) is 20.1 Å². The maximum atomic E-state index is 11.5. The molecule has 0 aliphatic heterocycles. The van der Waals surface area contributed by atoms with Gasteiger partial charge >= 0.3 is 0 Å². The van der Waals surface area contributed by atoms with E-state index in [1.165, 1.54) is 57.1 Å². The fraction of sp³-hybridized carbons (Fsp3) is 0.742. The maximum Gasteiger partial charge on any atom is 0.124 e. The second-order valence-corrected chi connectivity index (χ2v) is 14.6. The number of likely N-dealkylation sites (N-methyl/N-ethyl adjacent to an activating group) is 1. The molecule has 4 aliphatic carbocycles. The molecule has 37 heavy (non-hydrogen) atoms. The number of allylic oxidation sites excluding steroid dienone is 2. The molecule has 1 aromatic rings. The maximum absolute atomic E-state index is 11.5. The van der Waals surface area contributed by atoms with E-state index in [0.29, 0.717) is 11.5 Å². The van der Waals surface area contributed by atoms with Crippen molar-refractivity contribution >= 4 is 10.1 Å². The van der Waals surface area contributed by atoms with Gasteiger partial charge in [0.25, 0.3) is 0 Å². The first-order valence-corrected chi connectivity index (χ1v) is 15.9. The zero-order valence-electron chi connectivity index (χ0n) is 23.8. The number of rotatable bonds is 4.